The fourth-order valence-corrected chi connectivity index (χ4v) is 3.21. The van der Waals surface area contributed by atoms with Gasteiger partial charge in [0.2, 0.25) is 5.91 Å². The third-order valence-corrected chi connectivity index (χ3v) is 4.74. The number of hydrogen-bond acceptors (Lipinski definition) is 5. The van der Waals surface area contributed by atoms with Crippen LogP contribution in [0.5, 0.6) is 0 Å². The van der Waals surface area contributed by atoms with Crippen LogP contribution in [-0.2, 0) is 22.4 Å². The lowest BCUT2D eigenvalue weighted by Gasteiger charge is -2.11. The standard InChI is InChI=1S/C20H21FN4O2S/c1-27-9-8-14-12-23-25(13-14)18-7-6-16(11-19(18)28-22)24-20(26)10-15-4-2-3-5-17(15)21/h2-7,11-13H,8-10,22H2,1H3,(H,24,26). The van der Waals surface area contributed by atoms with Gasteiger partial charge in [0.1, 0.15) is 5.82 Å². The van der Waals surface area contributed by atoms with E-state index >= 15 is 0 Å². The number of benzene rings is 2. The Labute approximate surface area is 167 Å². The van der Waals surface area contributed by atoms with Crippen LogP contribution >= 0.6 is 11.9 Å². The average Bonchev–Trinajstić information content (AvgIpc) is 3.16. The SMILES string of the molecule is COCCc1cnn(-c2ccc(NC(=O)Cc3ccccc3F)cc2SN)c1. The van der Waals surface area contributed by atoms with Gasteiger partial charge in [0.15, 0.2) is 0 Å². The molecule has 0 aliphatic carbocycles. The molecule has 3 aromatic rings. The Kier molecular flexibility index (Phi) is 6.80. The van der Waals surface area contributed by atoms with Crippen molar-refractivity contribution in [2.24, 2.45) is 5.14 Å². The lowest BCUT2D eigenvalue weighted by atomic mass is 10.1. The van der Waals surface area contributed by atoms with Crippen LogP contribution < -0.4 is 10.5 Å². The molecule has 0 spiro atoms. The molecule has 0 saturated carbocycles. The van der Waals surface area contributed by atoms with Gasteiger partial charge in [-0.2, -0.15) is 5.10 Å². The fourth-order valence-electron chi connectivity index (χ4n) is 2.74. The number of nitrogens with two attached hydrogens (primary N) is 1. The van der Waals surface area contributed by atoms with Gasteiger partial charge >= 0.3 is 0 Å². The third-order valence-electron chi connectivity index (χ3n) is 4.16. The minimum absolute atomic E-state index is 0.0401. The molecule has 0 aliphatic heterocycles. The Morgan fingerprint density at radius 1 is 1.32 bits per heavy atom. The first-order chi connectivity index (χ1) is 13.6. The molecular formula is C20H21FN4O2S. The highest BCUT2D eigenvalue weighted by molar-refractivity contribution is 7.97. The monoisotopic (exact) mass is 400 g/mol. The molecule has 0 aliphatic rings. The fraction of sp³-hybridized carbons (Fsp3) is 0.200. The molecule has 28 heavy (non-hydrogen) atoms. The van der Waals surface area contributed by atoms with Crippen LogP contribution in [-0.4, -0.2) is 29.4 Å². The number of nitrogens with zero attached hydrogens (tertiary/aromatic N) is 2. The lowest BCUT2D eigenvalue weighted by Crippen LogP contribution is -2.15. The number of nitrogens with one attached hydrogen (secondary N) is 1. The summed E-state index contributed by atoms with van der Waals surface area (Å²) < 4.78 is 20.5. The molecule has 0 radical (unpaired) electrons. The second-order valence-electron chi connectivity index (χ2n) is 6.15. The van der Waals surface area contributed by atoms with Crippen molar-refractivity contribution in [1.29, 1.82) is 0 Å². The summed E-state index contributed by atoms with van der Waals surface area (Å²) in [7, 11) is 1.66. The van der Waals surface area contributed by atoms with E-state index in [4.69, 9.17) is 9.88 Å². The maximum atomic E-state index is 13.7. The zero-order chi connectivity index (χ0) is 19.9. The lowest BCUT2D eigenvalue weighted by molar-refractivity contribution is -0.115. The molecular weight excluding hydrogens is 379 g/mol. The van der Waals surface area contributed by atoms with Crippen molar-refractivity contribution in [1.82, 2.24) is 9.78 Å². The number of aromatic nitrogens is 2. The highest BCUT2D eigenvalue weighted by Gasteiger charge is 2.11. The maximum absolute atomic E-state index is 13.7. The van der Waals surface area contributed by atoms with Crippen molar-refractivity contribution in [2.75, 3.05) is 19.0 Å². The summed E-state index contributed by atoms with van der Waals surface area (Å²) in [6.07, 6.45) is 4.44. The van der Waals surface area contributed by atoms with Crippen molar-refractivity contribution in [3.05, 3.63) is 71.8 Å². The summed E-state index contributed by atoms with van der Waals surface area (Å²) in [6, 6.07) is 11.6. The molecule has 1 heterocycles. The van der Waals surface area contributed by atoms with E-state index in [2.05, 4.69) is 10.4 Å². The van der Waals surface area contributed by atoms with Gasteiger partial charge in [0.25, 0.3) is 0 Å². The largest absolute Gasteiger partial charge is 0.384 e. The first-order valence-corrected chi connectivity index (χ1v) is 9.55. The van der Waals surface area contributed by atoms with E-state index in [9.17, 15) is 9.18 Å². The van der Waals surface area contributed by atoms with Crippen LogP contribution in [0.15, 0.2) is 59.8 Å². The molecule has 1 amide bonds. The number of anilines is 1. The molecule has 0 unspecified atom stereocenters. The van der Waals surface area contributed by atoms with Crippen LogP contribution in [0.1, 0.15) is 11.1 Å². The highest BCUT2D eigenvalue weighted by atomic mass is 32.2. The quantitative estimate of drug-likeness (QED) is 0.567. The molecule has 0 atom stereocenters. The Bertz CT molecular complexity index is 961. The Balaban J connectivity index is 1.73. The van der Waals surface area contributed by atoms with Crippen molar-refractivity contribution in [2.45, 2.75) is 17.7 Å². The van der Waals surface area contributed by atoms with Gasteiger partial charge in [0, 0.05) is 19.0 Å². The Morgan fingerprint density at radius 3 is 2.89 bits per heavy atom. The molecule has 3 rings (SSSR count). The predicted octanol–water partition coefficient (Wildman–Crippen LogP) is 3.35. The second-order valence-corrected chi connectivity index (χ2v) is 6.83. The van der Waals surface area contributed by atoms with Gasteiger partial charge in [-0.1, -0.05) is 18.2 Å². The second kappa shape index (κ2) is 9.50. The summed E-state index contributed by atoms with van der Waals surface area (Å²) in [6.45, 7) is 0.622. The Morgan fingerprint density at radius 2 is 2.14 bits per heavy atom. The van der Waals surface area contributed by atoms with E-state index in [1.165, 1.54) is 6.07 Å². The van der Waals surface area contributed by atoms with E-state index in [1.807, 2.05) is 12.3 Å². The molecule has 6 nitrogen and oxygen atoms in total. The number of hydrogen-bond donors (Lipinski definition) is 2. The molecule has 0 saturated heterocycles. The molecule has 146 valence electrons. The van der Waals surface area contributed by atoms with Crippen LogP contribution in [0.2, 0.25) is 0 Å². The number of amides is 1. The first-order valence-electron chi connectivity index (χ1n) is 8.67. The third kappa shape index (κ3) is 4.98. The van der Waals surface area contributed by atoms with Crippen molar-refractivity contribution in [3.63, 3.8) is 0 Å². The maximum Gasteiger partial charge on any atom is 0.228 e. The van der Waals surface area contributed by atoms with Crippen LogP contribution in [0, 0.1) is 5.82 Å². The van der Waals surface area contributed by atoms with Gasteiger partial charge in [-0.05, 0) is 53.8 Å². The summed E-state index contributed by atoms with van der Waals surface area (Å²) in [5.74, 6) is -0.694. The molecule has 3 N–H and O–H groups in total. The van der Waals surface area contributed by atoms with Crippen LogP contribution in [0.3, 0.4) is 0 Å². The number of carbonyl (C=O) groups is 1. The molecule has 0 fully saturated rings. The minimum atomic E-state index is -0.394. The van der Waals surface area contributed by atoms with E-state index in [1.54, 1.807) is 48.3 Å². The van der Waals surface area contributed by atoms with Gasteiger partial charge in [-0.25, -0.2) is 9.07 Å². The van der Waals surface area contributed by atoms with E-state index < -0.39 is 5.82 Å². The normalized spacial score (nSPS) is 10.8. The number of halogens is 1. The topological polar surface area (TPSA) is 82.2 Å². The predicted molar refractivity (Wildman–Crippen MR) is 108 cm³/mol. The minimum Gasteiger partial charge on any atom is -0.384 e. The van der Waals surface area contributed by atoms with Crippen molar-refractivity contribution < 1.29 is 13.9 Å². The van der Waals surface area contributed by atoms with Gasteiger partial charge in [-0.3, -0.25) is 9.93 Å². The smallest absolute Gasteiger partial charge is 0.228 e. The van der Waals surface area contributed by atoms with Crippen LogP contribution in [0.25, 0.3) is 5.69 Å². The number of rotatable bonds is 8. The van der Waals surface area contributed by atoms with Gasteiger partial charge < -0.3 is 10.1 Å². The van der Waals surface area contributed by atoms with E-state index in [0.29, 0.717) is 17.9 Å². The highest BCUT2D eigenvalue weighted by Crippen LogP contribution is 2.26. The van der Waals surface area contributed by atoms with Gasteiger partial charge in [-0.15, -0.1) is 0 Å². The van der Waals surface area contributed by atoms with Gasteiger partial charge in [0.05, 0.1) is 29.8 Å². The van der Waals surface area contributed by atoms with Crippen molar-refractivity contribution >= 4 is 23.5 Å². The summed E-state index contributed by atoms with van der Waals surface area (Å²) >= 11 is 1.07. The Hall–Kier alpha value is -2.68. The van der Waals surface area contributed by atoms with E-state index in [-0.39, 0.29) is 12.3 Å². The molecule has 8 heteroatoms. The number of methoxy groups -OCH3 is 1. The average molecular weight is 400 g/mol. The zero-order valence-corrected chi connectivity index (χ0v) is 16.2. The number of ether oxygens (including phenoxy) is 1. The molecule has 2 aromatic carbocycles. The first kappa shape index (κ1) is 20.1. The molecule has 0 bridgehead atoms. The van der Waals surface area contributed by atoms with Crippen molar-refractivity contribution in [3.8, 4) is 5.69 Å². The van der Waals surface area contributed by atoms with E-state index in [0.717, 1.165) is 34.5 Å². The zero-order valence-electron chi connectivity index (χ0n) is 15.4. The molecule has 1 aromatic heterocycles. The summed E-state index contributed by atoms with van der Waals surface area (Å²) in [4.78, 5) is 13.0. The number of carbonyl (C=O) groups excluding carboxylic acids is 1. The summed E-state index contributed by atoms with van der Waals surface area (Å²) in [5, 5.41) is 13.0. The van der Waals surface area contributed by atoms with Crippen LogP contribution in [0.4, 0.5) is 10.1 Å². The summed E-state index contributed by atoms with van der Waals surface area (Å²) in [5.41, 5.74) is 2.80.